The molecule has 0 aromatic rings. The van der Waals surface area contributed by atoms with E-state index in [1.807, 2.05) is 13.0 Å². The van der Waals surface area contributed by atoms with Crippen LogP contribution in [0.15, 0.2) is 25.0 Å². The average molecular weight is 182 g/mol. The minimum absolute atomic E-state index is 0.180. The lowest BCUT2D eigenvalue weighted by Gasteiger charge is -1.98. The Bertz CT molecular complexity index is 171. The summed E-state index contributed by atoms with van der Waals surface area (Å²) in [6.07, 6.45) is 10.1. The largest absolute Gasteiger partial charge is 0.435 e. The number of rotatable bonds is 7. The lowest BCUT2D eigenvalue weighted by Crippen LogP contribution is -1.98. The predicted octanol–water partition coefficient (Wildman–Crippen LogP) is 3.20. The van der Waals surface area contributed by atoms with Crippen LogP contribution in [-0.2, 0) is 9.53 Å². The first-order chi connectivity index (χ1) is 6.31. The zero-order valence-corrected chi connectivity index (χ0v) is 8.29. The van der Waals surface area contributed by atoms with Crippen molar-refractivity contribution in [2.24, 2.45) is 0 Å². The van der Waals surface area contributed by atoms with Gasteiger partial charge in [-0.15, -0.1) is 0 Å². The molecule has 0 aliphatic heterocycles. The number of unbranched alkanes of at least 4 members (excludes halogenated alkanes) is 3. The minimum atomic E-state index is -0.180. The van der Waals surface area contributed by atoms with Crippen LogP contribution in [0.4, 0.5) is 0 Å². The zero-order valence-electron chi connectivity index (χ0n) is 8.29. The Labute approximate surface area is 80.3 Å². The molecule has 0 rings (SSSR count). The van der Waals surface area contributed by atoms with Gasteiger partial charge in [0.15, 0.2) is 0 Å². The van der Waals surface area contributed by atoms with E-state index in [0.29, 0.717) is 6.42 Å². The van der Waals surface area contributed by atoms with Crippen LogP contribution < -0.4 is 0 Å². The predicted molar refractivity (Wildman–Crippen MR) is 54.2 cm³/mol. The van der Waals surface area contributed by atoms with Crippen molar-refractivity contribution in [3.63, 3.8) is 0 Å². The van der Waals surface area contributed by atoms with E-state index >= 15 is 0 Å². The molecule has 0 radical (unpaired) electrons. The third-order valence-corrected chi connectivity index (χ3v) is 1.70. The molecular weight excluding hydrogens is 164 g/mol. The first kappa shape index (κ1) is 11.9. The van der Waals surface area contributed by atoms with Crippen LogP contribution in [0, 0.1) is 0 Å². The van der Waals surface area contributed by atoms with Gasteiger partial charge < -0.3 is 4.74 Å². The van der Waals surface area contributed by atoms with Crippen LogP contribution in [0.3, 0.4) is 0 Å². The number of esters is 1. The molecule has 0 aliphatic rings. The Morgan fingerprint density at radius 2 is 2.15 bits per heavy atom. The molecular formula is C11H18O2. The van der Waals surface area contributed by atoms with Crippen molar-refractivity contribution in [1.29, 1.82) is 0 Å². The number of allylic oxidation sites excluding steroid dienone is 2. The van der Waals surface area contributed by atoms with Gasteiger partial charge in [-0.2, -0.15) is 0 Å². The minimum Gasteiger partial charge on any atom is -0.435 e. The van der Waals surface area contributed by atoms with Crippen molar-refractivity contribution < 1.29 is 9.53 Å². The van der Waals surface area contributed by atoms with Crippen molar-refractivity contribution >= 4 is 5.97 Å². The van der Waals surface area contributed by atoms with Gasteiger partial charge in [0.25, 0.3) is 0 Å². The molecule has 0 spiro atoms. The highest BCUT2D eigenvalue weighted by Gasteiger charge is 1.98. The first-order valence-electron chi connectivity index (χ1n) is 4.72. The molecule has 0 saturated carbocycles. The summed E-state index contributed by atoms with van der Waals surface area (Å²) in [7, 11) is 0. The third-order valence-electron chi connectivity index (χ3n) is 1.70. The van der Waals surface area contributed by atoms with Gasteiger partial charge in [-0.05, 0) is 26.2 Å². The average Bonchev–Trinajstić information content (AvgIpc) is 2.11. The fourth-order valence-electron chi connectivity index (χ4n) is 1.03. The molecule has 0 aromatic carbocycles. The van der Waals surface area contributed by atoms with Crippen molar-refractivity contribution in [3.05, 3.63) is 25.0 Å². The maximum absolute atomic E-state index is 10.8. The number of carbonyl (C=O) groups is 1. The van der Waals surface area contributed by atoms with Gasteiger partial charge in [0.2, 0.25) is 0 Å². The Hall–Kier alpha value is -1.05. The second kappa shape index (κ2) is 9.04. The van der Waals surface area contributed by atoms with Gasteiger partial charge in [0, 0.05) is 6.42 Å². The van der Waals surface area contributed by atoms with Crippen LogP contribution >= 0.6 is 0 Å². The maximum atomic E-state index is 10.8. The Morgan fingerprint density at radius 1 is 1.38 bits per heavy atom. The molecule has 74 valence electrons. The van der Waals surface area contributed by atoms with Crippen LogP contribution in [0.2, 0.25) is 0 Å². The molecule has 2 heteroatoms. The molecule has 13 heavy (non-hydrogen) atoms. The SMILES string of the molecule is C=COC(=O)CCCCC/C=C/C. The fraction of sp³-hybridized carbons (Fsp3) is 0.545. The number of carbonyl (C=O) groups excluding carboxylic acids is 1. The summed E-state index contributed by atoms with van der Waals surface area (Å²) >= 11 is 0. The van der Waals surface area contributed by atoms with Gasteiger partial charge in [-0.3, -0.25) is 4.79 Å². The second-order valence-corrected chi connectivity index (χ2v) is 2.82. The van der Waals surface area contributed by atoms with E-state index in [4.69, 9.17) is 0 Å². The van der Waals surface area contributed by atoms with Gasteiger partial charge >= 0.3 is 5.97 Å². The molecule has 0 fully saturated rings. The van der Waals surface area contributed by atoms with Crippen molar-refractivity contribution in [2.45, 2.75) is 39.0 Å². The van der Waals surface area contributed by atoms with E-state index in [9.17, 15) is 4.79 Å². The summed E-state index contributed by atoms with van der Waals surface area (Å²) in [5.74, 6) is -0.180. The van der Waals surface area contributed by atoms with Gasteiger partial charge in [0.05, 0.1) is 6.26 Å². The summed E-state index contributed by atoms with van der Waals surface area (Å²) in [6.45, 7) is 5.33. The van der Waals surface area contributed by atoms with Crippen LogP contribution in [0.1, 0.15) is 39.0 Å². The third kappa shape index (κ3) is 8.86. The highest BCUT2D eigenvalue weighted by molar-refractivity contribution is 5.69. The normalized spacial score (nSPS) is 10.2. The van der Waals surface area contributed by atoms with Crippen molar-refractivity contribution in [3.8, 4) is 0 Å². The van der Waals surface area contributed by atoms with E-state index < -0.39 is 0 Å². The summed E-state index contributed by atoms with van der Waals surface area (Å²) in [5.41, 5.74) is 0. The quantitative estimate of drug-likeness (QED) is 0.261. The lowest BCUT2D eigenvalue weighted by atomic mass is 10.1. The summed E-state index contributed by atoms with van der Waals surface area (Å²) in [5, 5.41) is 0. The van der Waals surface area contributed by atoms with Crippen LogP contribution in [-0.4, -0.2) is 5.97 Å². The van der Waals surface area contributed by atoms with Gasteiger partial charge in [0.1, 0.15) is 0 Å². The zero-order chi connectivity index (χ0) is 9.94. The van der Waals surface area contributed by atoms with E-state index in [0.717, 1.165) is 25.7 Å². The molecule has 2 nitrogen and oxygen atoms in total. The molecule has 0 saturated heterocycles. The number of ether oxygens (including phenoxy) is 1. The first-order valence-corrected chi connectivity index (χ1v) is 4.72. The molecule has 0 atom stereocenters. The Morgan fingerprint density at radius 3 is 2.77 bits per heavy atom. The molecule has 0 amide bonds. The maximum Gasteiger partial charge on any atom is 0.310 e. The second-order valence-electron chi connectivity index (χ2n) is 2.82. The Balaban J connectivity index is 3.15. The van der Waals surface area contributed by atoms with Crippen LogP contribution in [0.25, 0.3) is 0 Å². The van der Waals surface area contributed by atoms with Crippen molar-refractivity contribution in [1.82, 2.24) is 0 Å². The smallest absolute Gasteiger partial charge is 0.310 e. The van der Waals surface area contributed by atoms with Gasteiger partial charge in [-0.25, -0.2) is 0 Å². The van der Waals surface area contributed by atoms with Gasteiger partial charge in [-0.1, -0.05) is 25.2 Å². The molecule has 0 aliphatic carbocycles. The molecule has 0 bridgehead atoms. The van der Waals surface area contributed by atoms with E-state index in [2.05, 4.69) is 17.4 Å². The molecule has 0 heterocycles. The van der Waals surface area contributed by atoms with E-state index in [1.54, 1.807) is 0 Å². The monoisotopic (exact) mass is 182 g/mol. The number of hydrogen-bond acceptors (Lipinski definition) is 2. The summed E-state index contributed by atoms with van der Waals surface area (Å²) in [6, 6.07) is 0. The standard InChI is InChI=1S/C11H18O2/c1-3-5-6-7-8-9-10-11(12)13-4-2/h3-5H,2,6-10H2,1H3/b5-3+. The van der Waals surface area contributed by atoms with Crippen molar-refractivity contribution in [2.75, 3.05) is 0 Å². The number of hydrogen-bond donors (Lipinski definition) is 0. The van der Waals surface area contributed by atoms with E-state index in [1.165, 1.54) is 6.26 Å². The fourth-order valence-corrected chi connectivity index (χ4v) is 1.03. The van der Waals surface area contributed by atoms with E-state index in [-0.39, 0.29) is 5.97 Å². The topological polar surface area (TPSA) is 26.3 Å². The molecule has 0 N–H and O–H groups in total. The molecule has 0 aromatic heterocycles. The summed E-state index contributed by atoms with van der Waals surface area (Å²) in [4.78, 5) is 10.8. The summed E-state index contributed by atoms with van der Waals surface area (Å²) < 4.78 is 4.58. The lowest BCUT2D eigenvalue weighted by molar-refractivity contribution is -0.138. The van der Waals surface area contributed by atoms with Crippen LogP contribution in [0.5, 0.6) is 0 Å². The highest BCUT2D eigenvalue weighted by atomic mass is 16.5. The molecule has 0 unspecified atom stereocenters. The Kier molecular flexibility index (Phi) is 8.31. The highest BCUT2D eigenvalue weighted by Crippen LogP contribution is 2.04.